The Labute approximate surface area is 181 Å². The molecular weight excluding hydrogens is 394 g/mol. The number of aromatic nitrogens is 2. The van der Waals surface area contributed by atoms with Gasteiger partial charge < -0.3 is 14.8 Å². The molecule has 31 heavy (non-hydrogen) atoms. The average Bonchev–Trinajstić information content (AvgIpc) is 3.00. The van der Waals surface area contributed by atoms with Crippen LogP contribution < -0.4 is 20.3 Å². The van der Waals surface area contributed by atoms with Gasteiger partial charge in [0, 0.05) is 13.1 Å². The number of carbonyl (C=O) groups is 1. The van der Waals surface area contributed by atoms with Crippen LogP contribution in [-0.2, 0) is 11.8 Å². The Morgan fingerprint density at radius 3 is 2.55 bits per heavy atom. The lowest BCUT2D eigenvalue weighted by atomic mass is 10.2. The van der Waals surface area contributed by atoms with E-state index in [-0.39, 0.29) is 11.2 Å². The molecular formula is C24H27N3O4. The van der Waals surface area contributed by atoms with Crippen LogP contribution in [0.15, 0.2) is 59.4 Å². The van der Waals surface area contributed by atoms with E-state index < -0.39 is 5.91 Å². The van der Waals surface area contributed by atoms with Crippen molar-refractivity contribution in [3.8, 4) is 17.2 Å². The lowest BCUT2D eigenvalue weighted by Crippen LogP contribution is -2.22. The molecule has 7 nitrogen and oxygen atoms in total. The summed E-state index contributed by atoms with van der Waals surface area (Å²) in [4.78, 5) is 25.4. The predicted octanol–water partition coefficient (Wildman–Crippen LogP) is 3.93. The van der Waals surface area contributed by atoms with Crippen LogP contribution >= 0.6 is 0 Å². The molecule has 0 radical (unpaired) electrons. The molecule has 1 N–H and O–H groups in total. The molecule has 0 aliphatic carbocycles. The van der Waals surface area contributed by atoms with Crippen LogP contribution in [0, 0.1) is 6.92 Å². The Morgan fingerprint density at radius 1 is 1.13 bits per heavy atom. The number of para-hydroxylation sites is 1. The number of ether oxygens (including phenoxy) is 2. The first-order valence-electron chi connectivity index (χ1n) is 10.1. The maximum atomic E-state index is 12.9. The van der Waals surface area contributed by atoms with Gasteiger partial charge in [-0.3, -0.25) is 14.3 Å². The Morgan fingerprint density at radius 2 is 1.87 bits per heavy atom. The summed E-state index contributed by atoms with van der Waals surface area (Å²) in [5, 5.41) is 2.71. The van der Waals surface area contributed by atoms with E-state index in [1.165, 1.54) is 10.8 Å². The molecule has 1 amide bonds. The van der Waals surface area contributed by atoms with Crippen LogP contribution in [0.2, 0.25) is 0 Å². The molecule has 3 aromatic rings. The monoisotopic (exact) mass is 421 g/mol. The van der Waals surface area contributed by atoms with Crippen molar-refractivity contribution in [1.82, 2.24) is 9.36 Å². The third-order valence-corrected chi connectivity index (χ3v) is 4.88. The van der Waals surface area contributed by atoms with E-state index in [1.807, 2.05) is 49.4 Å². The Balaban J connectivity index is 1.79. The Hall–Kier alpha value is -3.74. The van der Waals surface area contributed by atoms with Gasteiger partial charge in [-0.15, -0.1) is 0 Å². The molecule has 2 aromatic carbocycles. The highest BCUT2D eigenvalue weighted by atomic mass is 16.5. The van der Waals surface area contributed by atoms with Crippen molar-refractivity contribution in [2.45, 2.75) is 20.3 Å². The van der Waals surface area contributed by atoms with Crippen LogP contribution in [0.1, 0.15) is 24.6 Å². The summed E-state index contributed by atoms with van der Waals surface area (Å²) in [7, 11) is 3.36. The zero-order valence-electron chi connectivity index (χ0n) is 18.2. The van der Waals surface area contributed by atoms with E-state index in [9.17, 15) is 9.59 Å². The SMILES string of the molecule is CCCOc1ccc(/C=C/C(=O)Nc2c(C)n(C)n(-c3ccccc3)c2=O)cc1OC. The van der Waals surface area contributed by atoms with Gasteiger partial charge in [-0.25, -0.2) is 4.68 Å². The molecule has 0 fully saturated rings. The van der Waals surface area contributed by atoms with Gasteiger partial charge in [-0.05, 0) is 49.2 Å². The highest BCUT2D eigenvalue weighted by Gasteiger charge is 2.17. The smallest absolute Gasteiger partial charge is 0.295 e. The molecule has 1 aromatic heterocycles. The fraction of sp³-hybridized carbons (Fsp3) is 0.250. The molecule has 0 saturated carbocycles. The summed E-state index contributed by atoms with van der Waals surface area (Å²) >= 11 is 0. The summed E-state index contributed by atoms with van der Waals surface area (Å²) < 4.78 is 14.3. The van der Waals surface area contributed by atoms with Gasteiger partial charge in [-0.1, -0.05) is 31.2 Å². The average molecular weight is 421 g/mol. The van der Waals surface area contributed by atoms with Gasteiger partial charge in [0.25, 0.3) is 5.56 Å². The van der Waals surface area contributed by atoms with Crippen molar-refractivity contribution in [3.05, 3.63) is 76.2 Å². The van der Waals surface area contributed by atoms with Gasteiger partial charge in [0.1, 0.15) is 5.69 Å². The van der Waals surface area contributed by atoms with Crippen molar-refractivity contribution < 1.29 is 14.3 Å². The van der Waals surface area contributed by atoms with Gasteiger partial charge in [0.2, 0.25) is 5.91 Å². The van der Waals surface area contributed by atoms with E-state index in [4.69, 9.17) is 9.47 Å². The lowest BCUT2D eigenvalue weighted by molar-refractivity contribution is -0.111. The number of benzene rings is 2. The lowest BCUT2D eigenvalue weighted by Gasteiger charge is -2.10. The third kappa shape index (κ3) is 4.88. The van der Waals surface area contributed by atoms with Gasteiger partial charge >= 0.3 is 0 Å². The Bertz CT molecular complexity index is 1140. The van der Waals surface area contributed by atoms with Crippen LogP contribution in [0.25, 0.3) is 11.8 Å². The van der Waals surface area contributed by atoms with E-state index in [0.717, 1.165) is 17.7 Å². The van der Waals surface area contributed by atoms with Crippen molar-refractivity contribution in [2.24, 2.45) is 7.05 Å². The number of hydrogen-bond donors (Lipinski definition) is 1. The minimum Gasteiger partial charge on any atom is -0.493 e. The van der Waals surface area contributed by atoms with E-state index in [1.54, 1.807) is 37.9 Å². The first kappa shape index (κ1) is 22.0. The predicted molar refractivity (Wildman–Crippen MR) is 122 cm³/mol. The van der Waals surface area contributed by atoms with Gasteiger partial charge in [0.05, 0.1) is 25.1 Å². The number of methoxy groups -OCH3 is 1. The molecule has 0 aliphatic heterocycles. The van der Waals surface area contributed by atoms with Crippen molar-refractivity contribution in [2.75, 3.05) is 19.0 Å². The second kappa shape index (κ2) is 9.84. The minimum atomic E-state index is -0.392. The summed E-state index contributed by atoms with van der Waals surface area (Å²) in [6.07, 6.45) is 3.95. The Kier molecular flexibility index (Phi) is 6.97. The third-order valence-electron chi connectivity index (χ3n) is 4.88. The second-order valence-corrected chi connectivity index (χ2v) is 7.02. The highest BCUT2D eigenvalue weighted by molar-refractivity contribution is 6.02. The van der Waals surface area contributed by atoms with E-state index in [2.05, 4.69) is 5.32 Å². The molecule has 0 spiro atoms. The number of nitrogens with zero attached hydrogens (tertiary/aromatic N) is 2. The molecule has 7 heteroatoms. The van der Waals surface area contributed by atoms with E-state index in [0.29, 0.717) is 23.8 Å². The molecule has 3 rings (SSSR count). The zero-order chi connectivity index (χ0) is 22.4. The summed E-state index contributed by atoms with van der Waals surface area (Å²) in [5.74, 6) is 0.865. The maximum Gasteiger partial charge on any atom is 0.295 e. The van der Waals surface area contributed by atoms with Gasteiger partial charge in [-0.2, -0.15) is 0 Å². The zero-order valence-corrected chi connectivity index (χ0v) is 18.2. The summed E-state index contributed by atoms with van der Waals surface area (Å²) in [6, 6.07) is 14.7. The van der Waals surface area contributed by atoms with Crippen LogP contribution in [-0.4, -0.2) is 29.0 Å². The molecule has 0 aliphatic rings. The quantitative estimate of drug-likeness (QED) is 0.559. The maximum absolute atomic E-state index is 12.9. The largest absolute Gasteiger partial charge is 0.493 e. The molecule has 1 heterocycles. The molecule has 0 atom stereocenters. The summed E-state index contributed by atoms with van der Waals surface area (Å²) in [6.45, 7) is 4.43. The molecule has 0 bridgehead atoms. The standard InChI is InChI=1S/C24H27N3O4/c1-5-15-31-20-13-11-18(16-21(20)30-4)12-14-22(28)25-23-17(2)26(3)27(24(23)29)19-9-7-6-8-10-19/h6-14,16H,5,15H2,1-4H3,(H,25,28)/b14-12+. The number of rotatable bonds is 8. The molecule has 0 saturated heterocycles. The fourth-order valence-corrected chi connectivity index (χ4v) is 3.17. The number of hydrogen-bond acceptors (Lipinski definition) is 4. The fourth-order valence-electron chi connectivity index (χ4n) is 3.17. The first-order chi connectivity index (χ1) is 15.0. The van der Waals surface area contributed by atoms with Crippen LogP contribution in [0.3, 0.4) is 0 Å². The van der Waals surface area contributed by atoms with E-state index >= 15 is 0 Å². The van der Waals surface area contributed by atoms with Crippen LogP contribution in [0.4, 0.5) is 5.69 Å². The molecule has 162 valence electrons. The van der Waals surface area contributed by atoms with Crippen molar-refractivity contribution >= 4 is 17.7 Å². The minimum absolute atomic E-state index is 0.252. The molecule has 0 unspecified atom stereocenters. The van der Waals surface area contributed by atoms with Crippen LogP contribution in [0.5, 0.6) is 11.5 Å². The number of nitrogens with one attached hydrogen (secondary N) is 1. The first-order valence-corrected chi connectivity index (χ1v) is 10.1. The van der Waals surface area contributed by atoms with Crippen molar-refractivity contribution in [3.63, 3.8) is 0 Å². The topological polar surface area (TPSA) is 74.5 Å². The number of amides is 1. The van der Waals surface area contributed by atoms with Crippen molar-refractivity contribution in [1.29, 1.82) is 0 Å². The highest BCUT2D eigenvalue weighted by Crippen LogP contribution is 2.28. The normalized spacial score (nSPS) is 11.0. The number of carbonyl (C=O) groups excluding carboxylic acids is 1. The summed E-state index contributed by atoms with van der Waals surface area (Å²) in [5.41, 5.74) is 2.14. The number of anilines is 1. The second-order valence-electron chi connectivity index (χ2n) is 7.02. The van der Waals surface area contributed by atoms with Gasteiger partial charge in [0.15, 0.2) is 11.5 Å².